The highest BCUT2D eigenvalue weighted by atomic mass is 32.1. The summed E-state index contributed by atoms with van der Waals surface area (Å²) in [6, 6.07) is 0. The van der Waals surface area contributed by atoms with Gasteiger partial charge < -0.3 is 20.1 Å². The highest BCUT2D eigenvalue weighted by Gasteiger charge is 2.30. The van der Waals surface area contributed by atoms with Crippen molar-refractivity contribution in [1.82, 2.24) is 0 Å². The van der Waals surface area contributed by atoms with Crippen molar-refractivity contribution in [2.75, 3.05) is 26.4 Å². The summed E-state index contributed by atoms with van der Waals surface area (Å²) >= 11 is 4.18. The molecule has 0 aromatic carbocycles. The molecule has 6 heteroatoms. The summed E-state index contributed by atoms with van der Waals surface area (Å²) in [5.41, 5.74) is -1.17. The average molecular weight is 252 g/mol. The van der Waals surface area contributed by atoms with Crippen LogP contribution in [-0.2, 0) is 9.53 Å². The van der Waals surface area contributed by atoms with Crippen LogP contribution in [0.5, 0.6) is 0 Å². The average Bonchev–Trinajstić information content (AvgIpc) is 2.18. The molecule has 0 radical (unpaired) electrons. The van der Waals surface area contributed by atoms with E-state index in [9.17, 15) is 4.79 Å². The number of thiol groups is 1. The summed E-state index contributed by atoms with van der Waals surface area (Å²) in [5, 5.41) is 27.0. The molecule has 0 heterocycles. The van der Waals surface area contributed by atoms with E-state index >= 15 is 0 Å². The molecule has 0 amide bonds. The van der Waals surface area contributed by atoms with E-state index in [1.807, 2.05) is 0 Å². The standard InChI is InChI=1S/C10H20O5S/c1-9(2,16)3-8(14)15-7-10(4-11,5-12)6-13/h11-13,16H,3-7H2,1-2H3. The molecule has 0 fully saturated rings. The largest absolute Gasteiger partial charge is 0.465 e. The Morgan fingerprint density at radius 2 is 1.62 bits per heavy atom. The van der Waals surface area contributed by atoms with Crippen molar-refractivity contribution in [2.24, 2.45) is 5.41 Å². The molecular formula is C10H20O5S. The maximum Gasteiger partial charge on any atom is 0.307 e. The smallest absolute Gasteiger partial charge is 0.307 e. The Morgan fingerprint density at radius 1 is 1.19 bits per heavy atom. The first-order valence-electron chi connectivity index (χ1n) is 4.99. The van der Waals surface area contributed by atoms with E-state index in [0.717, 1.165) is 0 Å². The van der Waals surface area contributed by atoms with Gasteiger partial charge in [-0.2, -0.15) is 12.6 Å². The third-order valence-corrected chi connectivity index (χ3v) is 2.28. The molecule has 0 aromatic heterocycles. The van der Waals surface area contributed by atoms with E-state index in [1.165, 1.54) is 0 Å². The predicted octanol–water partition coefficient (Wildman–Crippen LogP) is -0.409. The van der Waals surface area contributed by atoms with Crippen LogP contribution in [0.1, 0.15) is 20.3 Å². The van der Waals surface area contributed by atoms with Crippen LogP contribution in [0, 0.1) is 5.41 Å². The van der Waals surface area contributed by atoms with Crippen LogP contribution in [0.4, 0.5) is 0 Å². The second-order valence-corrected chi connectivity index (χ2v) is 5.83. The second kappa shape index (κ2) is 6.44. The van der Waals surface area contributed by atoms with E-state index in [-0.39, 0.29) is 13.0 Å². The zero-order valence-corrected chi connectivity index (χ0v) is 10.5. The minimum Gasteiger partial charge on any atom is -0.465 e. The Hall–Kier alpha value is -0.300. The molecule has 0 saturated carbocycles. The van der Waals surface area contributed by atoms with E-state index in [4.69, 9.17) is 20.1 Å². The number of hydrogen-bond donors (Lipinski definition) is 4. The second-order valence-electron chi connectivity index (χ2n) is 4.62. The monoisotopic (exact) mass is 252 g/mol. The highest BCUT2D eigenvalue weighted by molar-refractivity contribution is 7.81. The van der Waals surface area contributed by atoms with Crippen molar-refractivity contribution in [2.45, 2.75) is 25.0 Å². The highest BCUT2D eigenvalue weighted by Crippen LogP contribution is 2.19. The van der Waals surface area contributed by atoms with Gasteiger partial charge in [-0.05, 0) is 0 Å². The van der Waals surface area contributed by atoms with Gasteiger partial charge in [-0.1, -0.05) is 13.8 Å². The molecule has 0 saturated heterocycles. The van der Waals surface area contributed by atoms with E-state index in [2.05, 4.69) is 12.6 Å². The fourth-order valence-electron chi connectivity index (χ4n) is 0.925. The van der Waals surface area contributed by atoms with Crippen LogP contribution in [0.2, 0.25) is 0 Å². The first-order valence-corrected chi connectivity index (χ1v) is 5.44. The van der Waals surface area contributed by atoms with Gasteiger partial charge in [-0.3, -0.25) is 4.79 Å². The van der Waals surface area contributed by atoms with Gasteiger partial charge in [0.15, 0.2) is 0 Å². The van der Waals surface area contributed by atoms with Crippen LogP contribution >= 0.6 is 12.6 Å². The molecule has 3 N–H and O–H groups in total. The molecular weight excluding hydrogens is 232 g/mol. The Labute approximate surface area is 101 Å². The van der Waals surface area contributed by atoms with Crippen LogP contribution in [0.3, 0.4) is 0 Å². The van der Waals surface area contributed by atoms with Crippen molar-refractivity contribution in [3.63, 3.8) is 0 Å². The first kappa shape index (κ1) is 15.7. The van der Waals surface area contributed by atoms with Gasteiger partial charge in [0.25, 0.3) is 0 Å². The van der Waals surface area contributed by atoms with Gasteiger partial charge in [0.1, 0.15) is 6.61 Å². The molecule has 0 unspecified atom stereocenters. The molecule has 5 nitrogen and oxygen atoms in total. The normalized spacial score (nSPS) is 12.6. The number of carbonyl (C=O) groups is 1. The summed E-state index contributed by atoms with van der Waals surface area (Å²) in [7, 11) is 0. The maximum atomic E-state index is 11.3. The van der Waals surface area contributed by atoms with Crippen molar-refractivity contribution in [3.05, 3.63) is 0 Å². The summed E-state index contributed by atoms with van der Waals surface area (Å²) < 4.78 is 4.41. The topological polar surface area (TPSA) is 87.0 Å². The van der Waals surface area contributed by atoms with E-state index in [1.54, 1.807) is 13.8 Å². The van der Waals surface area contributed by atoms with E-state index in [0.29, 0.717) is 0 Å². The van der Waals surface area contributed by atoms with Gasteiger partial charge in [0, 0.05) is 4.75 Å². The van der Waals surface area contributed by atoms with Crippen LogP contribution in [-0.4, -0.2) is 52.5 Å². The van der Waals surface area contributed by atoms with Gasteiger partial charge in [-0.15, -0.1) is 0 Å². The fourth-order valence-corrected chi connectivity index (χ4v) is 1.05. The number of carbonyl (C=O) groups excluding carboxylic acids is 1. The van der Waals surface area contributed by atoms with Gasteiger partial charge >= 0.3 is 5.97 Å². The lowest BCUT2D eigenvalue weighted by molar-refractivity contribution is -0.151. The molecule has 0 bridgehead atoms. The quantitative estimate of drug-likeness (QED) is 0.365. The number of ether oxygens (including phenoxy) is 1. The number of hydrogen-bond acceptors (Lipinski definition) is 6. The zero-order valence-electron chi connectivity index (χ0n) is 9.64. The summed E-state index contributed by atoms with van der Waals surface area (Å²) in [4.78, 5) is 11.3. The minimum absolute atomic E-state index is 0.120. The molecule has 0 aliphatic heterocycles. The fraction of sp³-hybridized carbons (Fsp3) is 0.900. The summed E-state index contributed by atoms with van der Waals surface area (Å²) in [6.07, 6.45) is 0.120. The van der Waals surface area contributed by atoms with Gasteiger partial charge in [0.2, 0.25) is 0 Å². The van der Waals surface area contributed by atoms with Crippen molar-refractivity contribution < 1.29 is 24.9 Å². The summed E-state index contributed by atoms with van der Waals surface area (Å²) in [6.45, 7) is 2.00. The van der Waals surface area contributed by atoms with Crippen molar-refractivity contribution >= 4 is 18.6 Å². The Bertz CT molecular complexity index is 211. The molecule has 0 aliphatic rings. The first-order chi connectivity index (χ1) is 7.28. The van der Waals surface area contributed by atoms with Gasteiger partial charge in [0.05, 0.1) is 31.7 Å². The Balaban J connectivity index is 4.17. The molecule has 16 heavy (non-hydrogen) atoms. The predicted molar refractivity (Wildman–Crippen MR) is 62.3 cm³/mol. The summed E-state index contributed by atoms with van der Waals surface area (Å²) in [5.74, 6) is -0.472. The molecule has 0 atom stereocenters. The molecule has 0 rings (SSSR count). The number of aliphatic hydroxyl groups is 3. The lowest BCUT2D eigenvalue weighted by atomic mass is 9.92. The number of aliphatic hydroxyl groups excluding tert-OH is 3. The zero-order chi connectivity index (χ0) is 12.8. The van der Waals surface area contributed by atoms with E-state index < -0.39 is 36.0 Å². The number of esters is 1. The lowest BCUT2D eigenvalue weighted by Crippen LogP contribution is -2.39. The van der Waals surface area contributed by atoms with Crippen molar-refractivity contribution in [3.8, 4) is 0 Å². The van der Waals surface area contributed by atoms with Gasteiger partial charge in [-0.25, -0.2) is 0 Å². The molecule has 0 aliphatic carbocycles. The Kier molecular flexibility index (Phi) is 6.32. The van der Waals surface area contributed by atoms with Crippen LogP contribution < -0.4 is 0 Å². The lowest BCUT2D eigenvalue weighted by Gasteiger charge is -2.27. The third-order valence-electron chi connectivity index (χ3n) is 2.12. The third kappa shape index (κ3) is 5.69. The van der Waals surface area contributed by atoms with Crippen LogP contribution in [0.15, 0.2) is 0 Å². The number of rotatable bonds is 7. The van der Waals surface area contributed by atoms with Crippen molar-refractivity contribution in [1.29, 1.82) is 0 Å². The Morgan fingerprint density at radius 3 is 1.94 bits per heavy atom. The molecule has 0 aromatic rings. The van der Waals surface area contributed by atoms with Crippen LogP contribution in [0.25, 0.3) is 0 Å². The SMILES string of the molecule is CC(C)(S)CC(=O)OCC(CO)(CO)CO. The maximum absolute atomic E-state index is 11.3. The molecule has 96 valence electrons. The molecule has 0 spiro atoms. The minimum atomic E-state index is -1.17.